The van der Waals surface area contributed by atoms with E-state index in [4.69, 9.17) is 11.6 Å². The lowest BCUT2D eigenvalue weighted by Gasteiger charge is -2.30. The van der Waals surface area contributed by atoms with Crippen LogP contribution in [0.25, 0.3) is 0 Å². The Morgan fingerprint density at radius 1 is 1.15 bits per heavy atom. The minimum absolute atomic E-state index is 0.0290. The minimum atomic E-state index is -3.59. The van der Waals surface area contributed by atoms with Gasteiger partial charge < -0.3 is 10.2 Å². The molecule has 2 rings (SSSR count). The summed E-state index contributed by atoms with van der Waals surface area (Å²) in [6, 6.07) is 11.5. The number of likely N-dealkylation sites (N-methyl/N-ethyl adjacent to an activating group) is 1. The first kappa shape index (κ1) is 26.6. The van der Waals surface area contributed by atoms with Gasteiger partial charge in [-0.05, 0) is 48.7 Å². The van der Waals surface area contributed by atoms with Gasteiger partial charge in [-0.3, -0.25) is 13.9 Å². The predicted octanol–water partition coefficient (Wildman–Crippen LogP) is 3.58. The van der Waals surface area contributed by atoms with E-state index in [0.29, 0.717) is 22.7 Å². The number of hydrogen-bond donors (Lipinski definition) is 1. The van der Waals surface area contributed by atoms with E-state index in [0.717, 1.165) is 6.26 Å². The maximum Gasteiger partial charge on any atom is 0.242 e. The van der Waals surface area contributed by atoms with Crippen molar-refractivity contribution in [3.8, 4) is 0 Å². The van der Waals surface area contributed by atoms with Gasteiger partial charge in [0.15, 0.2) is 0 Å². The van der Waals surface area contributed by atoms with Crippen LogP contribution in [0.3, 0.4) is 0 Å². The molecule has 0 heterocycles. The van der Waals surface area contributed by atoms with Gasteiger partial charge in [-0.2, -0.15) is 0 Å². The summed E-state index contributed by atoms with van der Waals surface area (Å²) in [5.41, 5.74) is 1.10. The molecule has 1 N–H and O–H groups in total. The molecule has 0 saturated carbocycles. The molecule has 0 unspecified atom stereocenters. The fourth-order valence-electron chi connectivity index (χ4n) is 3.51. The van der Waals surface area contributed by atoms with Crippen LogP contribution in [-0.2, 0) is 26.2 Å². The molecule has 2 aromatic rings. The second kappa shape index (κ2) is 12.0. The zero-order chi connectivity index (χ0) is 24.6. The quantitative estimate of drug-likeness (QED) is 0.514. The Labute approximate surface area is 199 Å². The summed E-state index contributed by atoms with van der Waals surface area (Å²) in [5.74, 6) is -0.990. The zero-order valence-electron chi connectivity index (χ0n) is 18.9. The molecule has 2 aromatic carbocycles. The molecule has 0 fully saturated rings. The third kappa shape index (κ3) is 7.71. The summed E-state index contributed by atoms with van der Waals surface area (Å²) in [4.78, 5) is 27.0. The summed E-state index contributed by atoms with van der Waals surface area (Å²) in [7, 11) is -2.09. The van der Waals surface area contributed by atoms with Crippen molar-refractivity contribution < 1.29 is 22.4 Å². The summed E-state index contributed by atoms with van der Waals surface area (Å²) in [6.45, 7) is 2.01. The molecule has 180 valence electrons. The minimum Gasteiger partial charge on any atom is -0.357 e. The van der Waals surface area contributed by atoms with Gasteiger partial charge in [0.05, 0.1) is 11.9 Å². The molecule has 0 spiro atoms. The number of amides is 2. The summed E-state index contributed by atoms with van der Waals surface area (Å²) in [5, 5.41) is 2.98. The topological polar surface area (TPSA) is 86.8 Å². The van der Waals surface area contributed by atoms with E-state index in [9.17, 15) is 22.4 Å². The lowest BCUT2D eigenvalue weighted by atomic mass is 10.1. The Kier molecular flexibility index (Phi) is 9.67. The first-order valence-corrected chi connectivity index (χ1v) is 12.8. The summed E-state index contributed by atoms with van der Waals surface area (Å²) >= 11 is 6.00. The maximum absolute atomic E-state index is 13.3. The van der Waals surface area contributed by atoms with Crippen LogP contribution < -0.4 is 9.62 Å². The van der Waals surface area contributed by atoms with Crippen molar-refractivity contribution in [2.24, 2.45) is 0 Å². The highest BCUT2D eigenvalue weighted by Crippen LogP contribution is 2.23. The van der Waals surface area contributed by atoms with E-state index in [2.05, 4.69) is 5.32 Å². The van der Waals surface area contributed by atoms with Crippen LogP contribution in [0.1, 0.15) is 31.7 Å². The third-order valence-electron chi connectivity index (χ3n) is 5.15. The van der Waals surface area contributed by atoms with Crippen molar-refractivity contribution in [2.75, 3.05) is 24.2 Å². The molecule has 1 atom stereocenters. The van der Waals surface area contributed by atoms with E-state index in [-0.39, 0.29) is 37.7 Å². The Hall–Kier alpha value is -2.65. The van der Waals surface area contributed by atoms with Gasteiger partial charge in [0, 0.05) is 31.6 Å². The Bertz CT molecular complexity index is 1060. The average Bonchev–Trinajstić information content (AvgIpc) is 2.76. The van der Waals surface area contributed by atoms with Crippen molar-refractivity contribution in [1.29, 1.82) is 0 Å². The molecular formula is C23H29ClFN3O4S. The molecule has 33 heavy (non-hydrogen) atoms. The fraction of sp³-hybridized carbons (Fsp3) is 0.391. The molecule has 0 aromatic heterocycles. The molecule has 0 aliphatic rings. The molecule has 0 radical (unpaired) electrons. The normalized spacial score (nSPS) is 12.2. The monoisotopic (exact) mass is 497 g/mol. The van der Waals surface area contributed by atoms with Crippen molar-refractivity contribution in [3.63, 3.8) is 0 Å². The number of rotatable bonds is 11. The number of anilines is 1. The molecule has 7 nitrogen and oxygen atoms in total. The highest BCUT2D eigenvalue weighted by atomic mass is 35.5. The molecule has 0 aliphatic carbocycles. The summed E-state index contributed by atoms with van der Waals surface area (Å²) in [6.07, 6.45) is 1.75. The van der Waals surface area contributed by atoms with Crippen molar-refractivity contribution in [3.05, 3.63) is 64.9 Å². The van der Waals surface area contributed by atoms with Gasteiger partial charge in [-0.1, -0.05) is 36.7 Å². The number of carbonyl (C=O) groups is 2. The van der Waals surface area contributed by atoms with Gasteiger partial charge in [0.1, 0.15) is 11.9 Å². The van der Waals surface area contributed by atoms with Gasteiger partial charge in [0.25, 0.3) is 0 Å². The maximum atomic E-state index is 13.3. The molecule has 10 heteroatoms. The molecule has 0 saturated heterocycles. The number of nitrogens with zero attached hydrogens (tertiary/aromatic N) is 2. The number of sulfonamides is 1. The van der Waals surface area contributed by atoms with E-state index < -0.39 is 21.9 Å². The predicted molar refractivity (Wildman–Crippen MR) is 128 cm³/mol. The molecule has 0 aliphatic heterocycles. The van der Waals surface area contributed by atoms with E-state index in [1.54, 1.807) is 43.3 Å². The Morgan fingerprint density at radius 2 is 1.82 bits per heavy atom. The highest BCUT2D eigenvalue weighted by Gasteiger charge is 2.28. The Balaban J connectivity index is 2.18. The van der Waals surface area contributed by atoms with Crippen molar-refractivity contribution >= 4 is 39.1 Å². The van der Waals surface area contributed by atoms with Crippen LogP contribution in [0.15, 0.2) is 48.5 Å². The fourth-order valence-corrected chi connectivity index (χ4v) is 4.65. The van der Waals surface area contributed by atoms with Crippen LogP contribution in [0.5, 0.6) is 0 Å². The lowest BCUT2D eigenvalue weighted by molar-refractivity contribution is -0.141. The van der Waals surface area contributed by atoms with Gasteiger partial charge in [0.2, 0.25) is 21.8 Å². The first-order chi connectivity index (χ1) is 15.6. The second-order valence-electron chi connectivity index (χ2n) is 7.60. The molecule has 2 amide bonds. The highest BCUT2D eigenvalue weighted by molar-refractivity contribution is 7.92. The third-order valence-corrected chi connectivity index (χ3v) is 6.58. The van der Waals surface area contributed by atoms with Gasteiger partial charge in [-0.15, -0.1) is 0 Å². The van der Waals surface area contributed by atoms with Crippen LogP contribution in [0, 0.1) is 5.82 Å². The SMILES string of the molecule is CC[C@@H](C(=O)NC)N(Cc1ccc(F)cc1)C(=O)CCCN(c1cccc(Cl)c1)S(C)(=O)=O. The number of benzene rings is 2. The number of carbonyl (C=O) groups excluding carboxylic acids is 2. The largest absolute Gasteiger partial charge is 0.357 e. The smallest absolute Gasteiger partial charge is 0.242 e. The second-order valence-corrected chi connectivity index (χ2v) is 9.95. The van der Waals surface area contributed by atoms with Crippen LogP contribution in [-0.4, -0.2) is 51.0 Å². The summed E-state index contributed by atoms with van der Waals surface area (Å²) < 4.78 is 39.1. The van der Waals surface area contributed by atoms with Crippen LogP contribution >= 0.6 is 11.6 Å². The van der Waals surface area contributed by atoms with Crippen LogP contribution in [0.2, 0.25) is 5.02 Å². The van der Waals surface area contributed by atoms with Crippen molar-refractivity contribution in [1.82, 2.24) is 10.2 Å². The van der Waals surface area contributed by atoms with Crippen molar-refractivity contribution in [2.45, 2.75) is 38.8 Å². The van der Waals surface area contributed by atoms with E-state index in [1.165, 1.54) is 28.4 Å². The lowest BCUT2D eigenvalue weighted by Crippen LogP contribution is -2.48. The van der Waals surface area contributed by atoms with E-state index in [1.807, 2.05) is 0 Å². The van der Waals surface area contributed by atoms with E-state index >= 15 is 0 Å². The standard InChI is InChI=1S/C23H29ClFN3O4S/c1-4-21(23(30)26-2)27(16-17-10-12-19(25)13-11-17)22(29)9-6-14-28(33(3,31)32)20-8-5-7-18(24)15-20/h5,7-8,10-13,15,21H,4,6,9,14,16H2,1-3H3,(H,26,30)/t21-/m0/s1. The van der Waals surface area contributed by atoms with Gasteiger partial charge in [-0.25, -0.2) is 12.8 Å². The molecule has 0 bridgehead atoms. The molecular weight excluding hydrogens is 469 g/mol. The number of hydrogen-bond acceptors (Lipinski definition) is 4. The Morgan fingerprint density at radius 3 is 2.36 bits per heavy atom. The first-order valence-electron chi connectivity index (χ1n) is 10.6. The van der Waals surface area contributed by atoms with Gasteiger partial charge >= 0.3 is 0 Å². The number of halogens is 2. The number of nitrogens with one attached hydrogen (secondary N) is 1. The average molecular weight is 498 g/mol. The zero-order valence-corrected chi connectivity index (χ0v) is 20.5. The van der Waals surface area contributed by atoms with Crippen LogP contribution in [0.4, 0.5) is 10.1 Å².